The number of alkyl halides is 1. The topological polar surface area (TPSA) is 42.3 Å². The van der Waals surface area contributed by atoms with Gasteiger partial charge in [0, 0.05) is 11.5 Å². The highest BCUT2D eigenvalue weighted by molar-refractivity contribution is 9.08. The van der Waals surface area contributed by atoms with Gasteiger partial charge in [-0.15, -0.1) is 4.91 Å². The lowest BCUT2D eigenvalue weighted by atomic mass is 10.3. The Balaban J connectivity index is 2.90. The molecule has 0 spiro atoms. The summed E-state index contributed by atoms with van der Waals surface area (Å²) < 4.78 is 0. The molecule has 4 heteroatoms. The van der Waals surface area contributed by atoms with Crippen LogP contribution in [0, 0.1) is 4.91 Å². The van der Waals surface area contributed by atoms with E-state index in [1.165, 1.54) is 0 Å². The lowest BCUT2D eigenvalue weighted by molar-refractivity contribution is 1.22. The molecule has 0 aromatic carbocycles. The fourth-order valence-corrected chi connectivity index (χ4v) is 0.881. The number of pyridine rings is 1. The molecule has 0 saturated carbocycles. The Hall–Kier alpha value is -0.770. The average molecular weight is 201 g/mol. The van der Waals surface area contributed by atoms with Crippen molar-refractivity contribution in [3.63, 3.8) is 0 Å². The highest BCUT2D eigenvalue weighted by Crippen LogP contribution is 2.09. The summed E-state index contributed by atoms with van der Waals surface area (Å²) in [6, 6.07) is 3.39. The highest BCUT2D eigenvalue weighted by atomic mass is 79.9. The predicted octanol–water partition coefficient (Wildman–Crippen LogP) is 2.37. The zero-order valence-electron chi connectivity index (χ0n) is 5.12. The third kappa shape index (κ3) is 1.60. The van der Waals surface area contributed by atoms with Crippen LogP contribution in [0.2, 0.25) is 0 Å². The zero-order chi connectivity index (χ0) is 7.40. The monoisotopic (exact) mass is 200 g/mol. The first-order chi connectivity index (χ1) is 4.86. The van der Waals surface area contributed by atoms with Crippen LogP contribution in [0.1, 0.15) is 5.56 Å². The number of rotatable bonds is 2. The van der Waals surface area contributed by atoms with E-state index in [-0.39, 0.29) is 5.82 Å². The van der Waals surface area contributed by atoms with Crippen molar-refractivity contribution in [3.8, 4) is 0 Å². The van der Waals surface area contributed by atoms with Gasteiger partial charge in [0.25, 0.3) is 0 Å². The van der Waals surface area contributed by atoms with Gasteiger partial charge >= 0.3 is 0 Å². The molecule has 3 nitrogen and oxygen atoms in total. The maximum atomic E-state index is 9.88. The molecule has 1 aromatic heterocycles. The molecule has 0 atom stereocenters. The zero-order valence-corrected chi connectivity index (χ0v) is 6.71. The molecule has 52 valence electrons. The van der Waals surface area contributed by atoms with E-state index in [2.05, 4.69) is 26.1 Å². The largest absolute Gasteiger partial charge is 0.234 e. The third-order valence-electron chi connectivity index (χ3n) is 1.06. The number of nitrogens with zero attached hydrogens (tertiary/aromatic N) is 2. The Morgan fingerprint density at radius 3 is 2.80 bits per heavy atom. The number of nitroso groups, excluding NO2 is 1. The Labute approximate surface area is 66.6 Å². The summed E-state index contributed by atoms with van der Waals surface area (Å²) >= 11 is 3.26. The quantitative estimate of drug-likeness (QED) is 0.544. The van der Waals surface area contributed by atoms with Crippen LogP contribution in [-0.2, 0) is 5.33 Å². The highest BCUT2D eigenvalue weighted by Gasteiger charge is 1.91. The summed E-state index contributed by atoms with van der Waals surface area (Å²) in [4.78, 5) is 13.6. The van der Waals surface area contributed by atoms with Crippen LogP contribution in [0.25, 0.3) is 0 Å². The van der Waals surface area contributed by atoms with Crippen molar-refractivity contribution in [2.45, 2.75) is 5.33 Å². The molecule has 0 fully saturated rings. The fourth-order valence-electron chi connectivity index (χ4n) is 0.550. The van der Waals surface area contributed by atoms with Crippen LogP contribution in [0.5, 0.6) is 0 Å². The molecule has 0 aliphatic carbocycles. The van der Waals surface area contributed by atoms with Gasteiger partial charge in [-0.05, 0) is 16.8 Å². The maximum absolute atomic E-state index is 9.88. The Morgan fingerprint density at radius 2 is 2.40 bits per heavy atom. The molecule has 0 radical (unpaired) electrons. The number of halogens is 1. The molecular weight excluding hydrogens is 196 g/mol. The first-order valence-corrected chi connectivity index (χ1v) is 3.83. The van der Waals surface area contributed by atoms with Crippen LogP contribution in [-0.4, -0.2) is 4.98 Å². The fraction of sp³-hybridized carbons (Fsp3) is 0.167. The molecule has 1 aromatic rings. The van der Waals surface area contributed by atoms with Crippen LogP contribution >= 0.6 is 15.9 Å². The van der Waals surface area contributed by atoms with Crippen molar-refractivity contribution in [3.05, 3.63) is 28.8 Å². The average Bonchev–Trinajstić information content (AvgIpc) is 2.05. The van der Waals surface area contributed by atoms with E-state index in [1.54, 1.807) is 18.3 Å². The van der Waals surface area contributed by atoms with Crippen molar-refractivity contribution in [2.24, 2.45) is 5.18 Å². The van der Waals surface area contributed by atoms with Gasteiger partial charge in [0.1, 0.15) is 0 Å². The van der Waals surface area contributed by atoms with Gasteiger partial charge in [-0.3, -0.25) is 0 Å². The van der Waals surface area contributed by atoms with E-state index >= 15 is 0 Å². The summed E-state index contributed by atoms with van der Waals surface area (Å²) in [5.41, 5.74) is 1.03. The minimum atomic E-state index is 0.227. The molecule has 1 heterocycles. The number of hydrogen-bond donors (Lipinski definition) is 0. The second-order valence-corrected chi connectivity index (χ2v) is 2.31. The predicted molar refractivity (Wildman–Crippen MR) is 42.3 cm³/mol. The molecule has 10 heavy (non-hydrogen) atoms. The van der Waals surface area contributed by atoms with Crippen molar-refractivity contribution < 1.29 is 0 Å². The first kappa shape index (κ1) is 7.34. The number of aromatic nitrogens is 1. The number of hydrogen-bond acceptors (Lipinski definition) is 3. The van der Waals surface area contributed by atoms with Gasteiger partial charge in [0.2, 0.25) is 0 Å². The molecule has 0 aliphatic rings. The SMILES string of the molecule is O=Nc1ccc(CBr)cn1. The third-order valence-corrected chi connectivity index (χ3v) is 1.70. The van der Waals surface area contributed by atoms with Gasteiger partial charge in [0.15, 0.2) is 5.82 Å². The van der Waals surface area contributed by atoms with Crippen LogP contribution in [0.4, 0.5) is 5.82 Å². The van der Waals surface area contributed by atoms with E-state index in [0.29, 0.717) is 0 Å². The van der Waals surface area contributed by atoms with Gasteiger partial charge in [-0.1, -0.05) is 22.0 Å². The second kappa shape index (κ2) is 3.41. The van der Waals surface area contributed by atoms with E-state index in [4.69, 9.17) is 0 Å². The van der Waals surface area contributed by atoms with Crippen molar-refractivity contribution in [2.75, 3.05) is 0 Å². The molecule has 0 unspecified atom stereocenters. The molecule has 1 rings (SSSR count). The maximum Gasteiger partial charge on any atom is 0.196 e. The van der Waals surface area contributed by atoms with Crippen molar-refractivity contribution in [1.29, 1.82) is 0 Å². The lowest BCUT2D eigenvalue weighted by Crippen LogP contribution is -1.78. The van der Waals surface area contributed by atoms with E-state index in [0.717, 1.165) is 10.9 Å². The lowest BCUT2D eigenvalue weighted by Gasteiger charge is -1.91. The smallest absolute Gasteiger partial charge is 0.196 e. The van der Waals surface area contributed by atoms with E-state index in [9.17, 15) is 4.91 Å². The summed E-state index contributed by atoms with van der Waals surface area (Å²) in [7, 11) is 0. The summed E-state index contributed by atoms with van der Waals surface area (Å²) in [6.07, 6.45) is 1.62. The molecule has 0 aliphatic heterocycles. The van der Waals surface area contributed by atoms with Crippen molar-refractivity contribution in [1.82, 2.24) is 4.98 Å². The van der Waals surface area contributed by atoms with Gasteiger partial charge in [-0.25, -0.2) is 4.98 Å². The van der Waals surface area contributed by atoms with Gasteiger partial charge in [0.05, 0.1) is 0 Å². The van der Waals surface area contributed by atoms with Crippen LogP contribution in [0.3, 0.4) is 0 Å². The van der Waals surface area contributed by atoms with Gasteiger partial charge < -0.3 is 0 Å². The normalized spacial score (nSPS) is 9.30. The van der Waals surface area contributed by atoms with Gasteiger partial charge in [-0.2, -0.15) is 0 Å². The minimum Gasteiger partial charge on any atom is -0.234 e. The first-order valence-electron chi connectivity index (χ1n) is 2.71. The molecule has 0 N–H and O–H groups in total. The summed E-state index contributed by atoms with van der Waals surface area (Å²) in [5, 5.41) is 3.42. The molecular formula is C6H5BrN2O. The minimum absolute atomic E-state index is 0.227. The van der Waals surface area contributed by atoms with Crippen LogP contribution in [0.15, 0.2) is 23.5 Å². The van der Waals surface area contributed by atoms with E-state index < -0.39 is 0 Å². The Kier molecular flexibility index (Phi) is 2.50. The van der Waals surface area contributed by atoms with Crippen molar-refractivity contribution >= 4 is 21.7 Å². The second-order valence-electron chi connectivity index (χ2n) is 1.75. The van der Waals surface area contributed by atoms with E-state index in [1.807, 2.05) is 0 Å². The molecule has 0 bridgehead atoms. The molecule has 0 saturated heterocycles. The summed E-state index contributed by atoms with van der Waals surface area (Å²) in [5.74, 6) is 0.227. The Morgan fingerprint density at radius 1 is 1.60 bits per heavy atom. The standard InChI is InChI=1S/C6H5BrN2O/c7-3-5-1-2-6(9-10)8-4-5/h1-2,4H,3H2. The van der Waals surface area contributed by atoms with Crippen LogP contribution < -0.4 is 0 Å². The molecule has 0 amide bonds. The summed E-state index contributed by atoms with van der Waals surface area (Å²) in [6.45, 7) is 0. The Bertz CT molecular complexity index is 222.